The van der Waals surface area contributed by atoms with Crippen LogP contribution in [0.3, 0.4) is 0 Å². The topological polar surface area (TPSA) is 58.1 Å². The molecule has 0 atom stereocenters. The van der Waals surface area contributed by atoms with Crippen molar-refractivity contribution in [2.24, 2.45) is 0 Å². The van der Waals surface area contributed by atoms with E-state index in [1.165, 1.54) is 11.6 Å². The molecule has 5 nitrogen and oxygen atoms in total. The summed E-state index contributed by atoms with van der Waals surface area (Å²) >= 11 is 0. The summed E-state index contributed by atoms with van der Waals surface area (Å²) in [5.74, 6) is 0.378. The Morgan fingerprint density at radius 2 is 1.85 bits per heavy atom. The van der Waals surface area contributed by atoms with E-state index in [0.29, 0.717) is 11.4 Å². The first kappa shape index (κ1) is 17.1. The highest BCUT2D eigenvalue weighted by molar-refractivity contribution is 5.91. The fourth-order valence-corrected chi connectivity index (χ4v) is 3.31. The molecule has 0 saturated heterocycles. The van der Waals surface area contributed by atoms with Crippen LogP contribution in [0, 0.1) is 5.82 Å². The summed E-state index contributed by atoms with van der Waals surface area (Å²) in [5.41, 5.74) is 2.80. The third-order valence-corrected chi connectivity index (χ3v) is 4.61. The van der Waals surface area contributed by atoms with Crippen molar-refractivity contribution in [2.45, 2.75) is 19.3 Å². The van der Waals surface area contributed by atoms with E-state index < -0.39 is 5.82 Å². The molecule has 4 rings (SSSR count). The molecule has 0 bridgehead atoms. The minimum Gasteiger partial charge on any atom is -0.325 e. The maximum atomic E-state index is 13.7. The van der Waals surface area contributed by atoms with Gasteiger partial charge in [-0.25, -0.2) is 4.39 Å². The van der Waals surface area contributed by atoms with Crippen LogP contribution in [0.5, 0.6) is 0 Å². The summed E-state index contributed by atoms with van der Waals surface area (Å²) in [7, 11) is 0. The Bertz CT molecular complexity index is 958. The number of hydrogen-bond acceptors (Lipinski definition) is 4. The molecule has 0 saturated carbocycles. The number of benzene rings is 2. The first-order valence-corrected chi connectivity index (χ1v) is 8.93. The molecular formula is C21H19FN4O. The summed E-state index contributed by atoms with van der Waals surface area (Å²) in [6, 6.07) is 18.1. The van der Waals surface area contributed by atoms with E-state index in [4.69, 9.17) is 0 Å². The van der Waals surface area contributed by atoms with Crippen LogP contribution >= 0.6 is 0 Å². The van der Waals surface area contributed by atoms with Crippen LogP contribution < -0.4 is 10.2 Å². The van der Waals surface area contributed by atoms with Crippen molar-refractivity contribution >= 4 is 23.2 Å². The molecule has 1 aromatic heterocycles. The molecule has 1 amide bonds. The summed E-state index contributed by atoms with van der Waals surface area (Å²) in [4.78, 5) is 14.3. The molecule has 3 aromatic rings. The van der Waals surface area contributed by atoms with Gasteiger partial charge >= 0.3 is 0 Å². The van der Waals surface area contributed by atoms with Crippen LogP contribution in [0.4, 0.5) is 21.7 Å². The van der Waals surface area contributed by atoms with Gasteiger partial charge in [0.1, 0.15) is 5.82 Å². The van der Waals surface area contributed by atoms with Crippen molar-refractivity contribution < 1.29 is 9.18 Å². The lowest BCUT2D eigenvalue weighted by molar-refractivity contribution is -0.115. The second kappa shape index (κ2) is 7.53. The molecule has 2 heterocycles. The number of fused-ring (bicyclic) bond motifs is 1. The quantitative estimate of drug-likeness (QED) is 0.765. The van der Waals surface area contributed by atoms with E-state index in [9.17, 15) is 9.18 Å². The number of halogens is 1. The number of carbonyl (C=O) groups excluding carboxylic acids is 1. The second-order valence-corrected chi connectivity index (χ2v) is 6.48. The van der Waals surface area contributed by atoms with Gasteiger partial charge < -0.3 is 10.2 Å². The molecule has 0 fully saturated rings. The zero-order chi connectivity index (χ0) is 18.6. The molecule has 2 aromatic carbocycles. The number of aryl methyl sites for hydroxylation is 1. The smallest absolute Gasteiger partial charge is 0.230 e. The van der Waals surface area contributed by atoms with Crippen molar-refractivity contribution in [3.63, 3.8) is 0 Å². The van der Waals surface area contributed by atoms with Crippen LogP contribution in [0.1, 0.15) is 17.5 Å². The van der Waals surface area contributed by atoms with E-state index in [1.54, 1.807) is 24.3 Å². The van der Waals surface area contributed by atoms with Crippen molar-refractivity contribution in [1.29, 1.82) is 0 Å². The maximum absolute atomic E-state index is 13.7. The van der Waals surface area contributed by atoms with Gasteiger partial charge in [0, 0.05) is 12.2 Å². The highest BCUT2D eigenvalue weighted by Crippen LogP contribution is 2.31. The van der Waals surface area contributed by atoms with Gasteiger partial charge in [0.25, 0.3) is 0 Å². The molecule has 0 unspecified atom stereocenters. The molecule has 27 heavy (non-hydrogen) atoms. The van der Waals surface area contributed by atoms with Crippen LogP contribution in [0.2, 0.25) is 0 Å². The Morgan fingerprint density at radius 3 is 2.67 bits per heavy atom. The minimum atomic E-state index is -0.391. The Labute approximate surface area is 156 Å². The van der Waals surface area contributed by atoms with E-state index in [2.05, 4.69) is 32.5 Å². The number of para-hydroxylation sites is 1. The normalized spacial score (nSPS) is 13.1. The molecule has 1 N–H and O–H groups in total. The van der Waals surface area contributed by atoms with Gasteiger partial charge in [0.15, 0.2) is 11.6 Å². The zero-order valence-electron chi connectivity index (χ0n) is 14.7. The summed E-state index contributed by atoms with van der Waals surface area (Å²) in [5, 5.41) is 11.0. The number of hydrogen-bond donors (Lipinski definition) is 1. The Morgan fingerprint density at radius 1 is 1.04 bits per heavy atom. The summed E-state index contributed by atoms with van der Waals surface area (Å²) < 4.78 is 13.7. The van der Waals surface area contributed by atoms with Crippen LogP contribution in [-0.4, -0.2) is 22.6 Å². The minimum absolute atomic E-state index is 0.0460. The lowest BCUT2D eigenvalue weighted by Gasteiger charge is -2.29. The van der Waals surface area contributed by atoms with E-state index >= 15 is 0 Å². The third kappa shape index (κ3) is 3.79. The average molecular weight is 362 g/mol. The first-order valence-electron chi connectivity index (χ1n) is 8.93. The van der Waals surface area contributed by atoms with Gasteiger partial charge in [-0.3, -0.25) is 4.79 Å². The standard InChI is InChI=1S/C21H19FN4O/c22-17-9-3-1-7-16(17)14-21(27)23-19-11-12-20(25-24-19)26-13-5-8-15-6-2-4-10-18(15)26/h1-4,6-7,9-12H,5,8,13-14H2,(H,23,24,27). The average Bonchev–Trinajstić information content (AvgIpc) is 2.70. The fourth-order valence-electron chi connectivity index (χ4n) is 3.31. The maximum Gasteiger partial charge on any atom is 0.230 e. The Balaban J connectivity index is 1.45. The predicted octanol–water partition coefficient (Wildman–Crippen LogP) is 3.88. The van der Waals surface area contributed by atoms with E-state index in [1.807, 2.05) is 18.2 Å². The van der Waals surface area contributed by atoms with Gasteiger partial charge in [0.2, 0.25) is 5.91 Å². The van der Waals surface area contributed by atoms with Crippen LogP contribution in [0.15, 0.2) is 60.7 Å². The number of amides is 1. The molecule has 0 aliphatic carbocycles. The number of anilines is 3. The van der Waals surface area contributed by atoms with Crippen molar-refractivity contribution in [3.05, 3.63) is 77.6 Å². The number of rotatable bonds is 4. The van der Waals surface area contributed by atoms with E-state index in [-0.39, 0.29) is 12.3 Å². The lowest BCUT2D eigenvalue weighted by Crippen LogP contribution is -2.25. The van der Waals surface area contributed by atoms with Gasteiger partial charge in [-0.2, -0.15) is 0 Å². The molecule has 1 aliphatic rings. The monoisotopic (exact) mass is 362 g/mol. The first-order chi connectivity index (χ1) is 13.2. The van der Waals surface area contributed by atoms with Crippen molar-refractivity contribution in [3.8, 4) is 0 Å². The molecular weight excluding hydrogens is 343 g/mol. The van der Waals surface area contributed by atoms with Crippen LogP contribution in [0.25, 0.3) is 0 Å². The summed E-state index contributed by atoms with van der Waals surface area (Å²) in [6.45, 7) is 0.880. The molecule has 0 radical (unpaired) electrons. The van der Waals surface area contributed by atoms with Crippen molar-refractivity contribution in [2.75, 3.05) is 16.8 Å². The molecule has 6 heteroatoms. The Kier molecular flexibility index (Phi) is 4.78. The van der Waals surface area contributed by atoms with E-state index in [0.717, 1.165) is 30.9 Å². The molecule has 1 aliphatic heterocycles. The van der Waals surface area contributed by atoms with Gasteiger partial charge in [-0.1, -0.05) is 36.4 Å². The van der Waals surface area contributed by atoms with Gasteiger partial charge in [-0.05, 0) is 48.2 Å². The lowest BCUT2D eigenvalue weighted by atomic mass is 10.0. The summed E-state index contributed by atoms with van der Waals surface area (Å²) in [6.07, 6.45) is 2.07. The number of nitrogens with one attached hydrogen (secondary N) is 1. The SMILES string of the molecule is O=C(Cc1ccccc1F)Nc1ccc(N2CCCc3ccccc32)nn1. The van der Waals surface area contributed by atoms with Gasteiger partial charge in [-0.15, -0.1) is 10.2 Å². The molecule has 136 valence electrons. The van der Waals surface area contributed by atoms with Gasteiger partial charge in [0.05, 0.1) is 6.42 Å². The fraction of sp³-hybridized carbons (Fsp3) is 0.190. The highest BCUT2D eigenvalue weighted by atomic mass is 19.1. The number of nitrogens with zero attached hydrogens (tertiary/aromatic N) is 3. The Hall–Kier alpha value is -3.28. The largest absolute Gasteiger partial charge is 0.325 e. The highest BCUT2D eigenvalue weighted by Gasteiger charge is 2.19. The number of aromatic nitrogens is 2. The predicted molar refractivity (Wildman–Crippen MR) is 103 cm³/mol. The zero-order valence-corrected chi connectivity index (χ0v) is 14.7. The number of carbonyl (C=O) groups is 1. The van der Waals surface area contributed by atoms with Crippen LogP contribution in [-0.2, 0) is 17.6 Å². The third-order valence-electron chi connectivity index (χ3n) is 4.61. The van der Waals surface area contributed by atoms with Crippen molar-refractivity contribution in [1.82, 2.24) is 10.2 Å². The second-order valence-electron chi connectivity index (χ2n) is 6.48. The molecule has 0 spiro atoms.